The van der Waals surface area contributed by atoms with Crippen molar-refractivity contribution in [1.82, 2.24) is 20.6 Å². The van der Waals surface area contributed by atoms with E-state index in [1.54, 1.807) is 48.2 Å². The third kappa shape index (κ3) is 6.84. The van der Waals surface area contributed by atoms with Crippen LogP contribution in [0.4, 0.5) is 11.6 Å². The molecule has 0 radical (unpaired) electrons. The number of carbonyl (C=O) groups is 2. The molecule has 0 saturated heterocycles. The molecular formula is C30H31ClN6O3. The molecule has 1 aliphatic carbocycles. The van der Waals surface area contributed by atoms with Gasteiger partial charge in [-0.2, -0.15) is 5.21 Å². The average molecular weight is 559 g/mol. The lowest BCUT2D eigenvalue weighted by atomic mass is 9.84. The lowest BCUT2D eigenvalue weighted by Gasteiger charge is -2.28. The van der Waals surface area contributed by atoms with Gasteiger partial charge < -0.3 is 9.64 Å². The number of benzene rings is 3. The summed E-state index contributed by atoms with van der Waals surface area (Å²) in [6.45, 7) is 2.04. The lowest BCUT2D eigenvalue weighted by molar-refractivity contribution is -0.124. The highest BCUT2D eigenvalue weighted by Gasteiger charge is 2.25. The third-order valence-electron chi connectivity index (χ3n) is 7.13. The maximum Gasteiger partial charge on any atom is 0.270 e. The Labute approximate surface area is 237 Å². The van der Waals surface area contributed by atoms with Crippen LogP contribution in [0, 0.1) is 0 Å². The molecule has 1 fully saturated rings. The van der Waals surface area contributed by atoms with Crippen LogP contribution in [0.3, 0.4) is 0 Å². The van der Waals surface area contributed by atoms with Crippen molar-refractivity contribution in [1.29, 1.82) is 0 Å². The van der Waals surface area contributed by atoms with Gasteiger partial charge in [0.15, 0.2) is 6.10 Å². The number of aromatic amines is 1. The molecule has 2 amide bonds. The molecule has 2 N–H and O–H groups in total. The largest absolute Gasteiger partial charge is 0.481 e. The molecule has 206 valence electrons. The van der Waals surface area contributed by atoms with Crippen LogP contribution in [0.15, 0.2) is 72.8 Å². The zero-order valence-corrected chi connectivity index (χ0v) is 23.0. The van der Waals surface area contributed by atoms with Gasteiger partial charge in [-0.1, -0.05) is 66.3 Å². The van der Waals surface area contributed by atoms with Crippen LogP contribution < -0.4 is 15.0 Å². The van der Waals surface area contributed by atoms with Crippen molar-refractivity contribution in [2.24, 2.45) is 0 Å². The van der Waals surface area contributed by atoms with Gasteiger partial charge in [0, 0.05) is 16.3 Å². The Kier molecular flexibility index (Phi) is 8.71. The van der Waals surface area contributed by atoms with Gasteiger partial charge >= 0.3 is 0 Å². The fourth-order valence-corrected chi connectivity index (χ4v) is 5.19. The van der Waals surface area contributed by atoms with E-state index >= 15 is 0 Å². The van der Waals surface area contributed by atoms with Crippen molar-refractivity contribution in [3.63, 3.8) is 0 Å². The molecule has 0 bridgehead atoms. The van der Waals surface area contributed by atoms with E-state index in [-0.39, 0.29) is 17.8 Å². The Morgan fingerprint density at radius 1 is 1.05 bits per heavy atom. The Morgan fingerprint density at radius 2 is 1.80 bits per heavy atom. The Morgan fingerprint density at radius 3 is 2.48 bits per heavy atom. The van der Waals surface area contributed by atoms with Crippen LogP contribution in [0.2, 0.25) is 5.02 Å². The SMILES string of the molecule is CC(Oc1cccc(Cl)c1)C(=O)N(Cc1ccc(C(=O)Nc2nn[nH]n2)cc1)c1ccc(C2CCCCC2)cc1. The first kappa shape index (κ1) is 27.3. The maximum atomic E-state index is 13.8. The van der Waals surface area contributed by atoms with Gasteiger partial charge in [-0.05, 0) is 84.5 Å². The Hall–Kier alpha value is -4.24. The van der Waals surface area contributed by atoms with Crippen molar-refractivity contribution in [3.05, 3.63) is 94.5 Å². The molecule has 1 saturated carbocycles. The quantitative estimate of drug-likeness (QED) is 0.254. The van der Waals surface area contributed by atoms with Crippen LogP contribution in [0.25, 0.3) is 0 Å². The number of ether oxygens (including phenoxy) is 1. The fraction of sp³-hybridized carbons (Fsp3) is 0.300. The second-order valence-corrected chi connectivity index (χ2v) is 10.4. The van der Waals surface area contributed by atoms with Gasteiger partial charge in [0.1, 0.15) is 5.75 Å². The average Bonchev–Trinajstić information content (AvgIpc) is 3.49. The summed E-state index contributed by atoms with van der Waals surface area (Å²) in [6.07, 6.45) is 5.49. The molecule has 9 nitrogen and oxygen atoms in total. The lowest BCUT2D eigenvalue weighted by Crippen LogP contribution is -2.40. The molecule has 1 atom stereocenters. The van der Waals surface area contributed by atoms with Crippen molar-refractivity contribution in [3.8, 4) is 5.75 Å². The monoisotopic (exact) mass is 558 g/mol. The first-order valence-corrected chi connectivity index (χ1v) is 13.8. The predicted octanol–water partition coefficient (Wildman–Crippen LogP) is 6.15. The summed E-state index contributed by atoms with van der Waals surface area (Å²) in [5, 5.41) is 16.3. The number of anilines is 2. The highest BCUT2D eigenvalue weighted by molar-refractivity contribution is 6.30. The summed E-state index contributed by atoms with van der Waals surface area (Å²) in [7, 11) is 0. The van der Waals surface area contributed by atoms with Crippen molar-refractivity contribution in [2.45, 2.75) is 57.6 Å². The minimum Gasteiger partial charge on any atom is -0.481 e. The smallest absolute Gasteiger partial charge is 0.270 e. The van der Waals surface area contributed by atoms with Crippen molar-refractivity contribution >= 4 is 35.1 Å². The highest BCUT2D eigenvalue weighted by atomic mass is 35.5. The third-order valence-corrected chi connectivity index (χ3v) is 7.37. The van der Waals surface area contributed by atoms with Gasteiger partial charge in [-0.3, -0.25) is 14.9 Å². The number of rotatable bonds is 9. The standard InChI is InChI=1S/C30H31ClN6O3/c1-20(40-27-9-5-8-25(31)18-27)29(39)37(26-16-14-23(15-17-26)22-6-3-2-4-7-22)19-21-10-12-24(13-11-21)28(38)32-30-33-35-36-34-30/h5,8-18,20,22H,2-4,6-7,19H2,1H3,(H2,32,33,34,35,36,38). The van der Waals surface area contributed by atoms with E-state index in [1.165, 1.54) is 37.7 Å². The summed E-state index contributed by atoms with van der Waals surface area (Å²) < 4.78 is 5.97. The fourth-order valence-electron chi connectivity index (χ4n) is 5.01. The molecule has 1 aromatic heterocycles. The van der Waals surface area contributed by atoms with Crippen molar-refractivity contribution in [2.75, 3.05) is 10.2 Å². The van der Waals surface area contributed by atoms with E-state index < -0.39 is 6.10 Å². The number of H-pyrrole nitrogens is 1. The second kappa shape index (κ2) is 12.7. The summed E-state index contributed by atoms with van der Waals surface area (Å²) in [5.74, 6) is 0.643. The van der Waals surface area contributed by atoms with Gasteiger partial charge in [0.05, 0.1) is 6.54 Å². The number of aromatic nitrogens is 4. The van der Waals surface area contributed by atoms with Crippen molar-refractivity contribution < 1.29 is 14.3 Å². The zero-order valence-electron chi connectivity index (χ0n) is 22.2. The number of carbonyl (C=O) groups excluding carboxylic acids is 2. The van der Waals surface area contributed by atoms with E-state index in [9.17, 15) is 9.59 Å². The Balaban J connectivity index is 1.35. The number of nitrogens with one attached hydrogen (secondary N) is 2. The van der Waals surface area contributed by atoms with Gasteiger partial charge in [-0.25, -0.2) is 0 Å². The summed E-state index contributed by atoms with van der Waals surface area (Å²) >= 11 is 6.11. The minimum atomic E-state index is -0.753. The van der Waals surface area contributed by atoms with Crippen LogP contribution in [0.5, 0.6) is 5.75 Å². The first-order valence-electron chi connectivity index (χ1n) is 13.4. The molecule has 0 aliphatic heterocycles. The first-order chi connectivity index (χ1) is 19.5. The molecule has 0 spiro atoms. The molecule has 10 heteroatoms. The molecule has 1 heterocycles. The number of hydrogen-bond acceptors (Lipinski definition) is 6. The number of halogens is 1. The number of tetrazole rings is 1. The predicted molar refractivity (Wildman–Crippen MR) is 154 cm³/mol. The normalized spacial score (nSPS) is 14.3. The summed E-state index contributed by atoms with van der Waals surface area (Å²) in [4.78, 5) is 28.0. The van der Waals surface area contributed by atoms with Crippen LogP contribution in [0.1, 0.15) is 66.4 Å². The minimum absolute atomic E-state index is 0.0937. The number of amides is 2. The summed E-state index contributed by atoms with van der Waals surface area (Å²) in [5.41, 5.74) is 3.39. The Bertz CT molecular complexity index is 1420. The summed E-state index contributed by atoms with van der Waals surface area (Å²) in [6, 6.07) is 22.4. The molecule has 3 aromatic carbocycles. The topological polar surface area (TPSA) is 113 Å². The zero-order chi connectivity index (χ0) is 27.9. The molecule has 4 aromatic rings. The molecule has 1 aliphatic rings. The van der Waals surface area contributed by atoms with E-state index in [1.807, 2.05) is 24.3 Å². The molecule has 1 unspecified atom stereocenters. The maximum absolute atomic E-state index is 13.8. The van der Waals surface area contributed by atoms with Gasteiger partial charge in [-0.15, -0.1) is 5.10 Å². The van der Waals surface area contributed by atoms with E-state index in [2.05, 4.69) is 38.1 Å². The molecule has 5 rings (SSSR count). The van der Waals surface area contributed by atoms with Crippen LogP contribution in [-0.4, -0.2) is 38.5 Å². The number of nitrogens with zero attached hydrogens (tertiary/aromatic N) is 4. The highest BCUT2D eigenvalue weighted by Crippen LogP contribution is 2.34. The number of hydrogen-bond donors (Lipinski definition) is 2. The second-order valence-electron chi connectivity index (χ2n) is 9.95. The van der Waals surface area contributed by atoms with Crippen LogP contribution >= 0.6 is 11.6 Å². The van der Waals surface area contributed by atoms with Gasteiger partial charge in [0.25, 0.3) is 17.8 Å². The van der Waals surface area contributed by atoms with E-state index in [0.29, 0.717) is 28.8 Å². The van der Waals surface area contributed by atoms with E-state index in [0.717, 1.165) is 11.3 Å². The molecular weight excluding hydrogens is 528 g/mol. The van der Waals surface area contributed by atoms with Gasteiger partial charge in [0.2, 0.25) is 0 Å². The van der Waals surface area contributed by atoms with Crippen LogP contribution in [-0.2, 0) is 11.3 Å². The molecule has 40 heavy (non-hydrogen) atoms. The van der Waals surface area contributed by atoms with E-state index in [4.69, 9.17) is 16.3 Å².